The number of aromatic nitrogens is 1. The molecule has 1 N–H and O–H groups in total. The molecule has 0 bridgehead atoms. The van der Waals surface area contributed by atoms with Gasteiger partial charge in [-0.2, -0.15) is 0 Å². The molecule has 0 aliphatic heterocycles. The molecule has 3 heteroatoms. The predicted molar refractivity (Wildman–Crippen MR) is 70.3 cm³/mol. The lowest BCUT2D eigenvalue weighted by Crippen LogP contribution is -2.39. The van der Waals surface area contributed by atoms with Crippen LogP contribution in [-0.4, -0.2) is 29.3 Å². The number of rotatable bonds is 4. The molecular formula is C14H22N2O. The summed E-state index contributed by atoms with van der Waals surface area (Å²) < 4.78 is 0. The Balaban J connectivity index is 2.15. The quantitative estimate of drug-likeness (QED) is 0.869. The summed E-state index contributed by atoms with van der Waals surface area (Å²) >= 11 is 0. The van der Waals surface area contributed by atoms with Crippen LogP contribution < -0.4 is 4.90 Å². The molecule has 1 fully saturated rings. The Morgan fingerprint density at radius 1 is 1.35 bits per heavy atom. The van der Waals surface area contributed by atoms with E-state index in [1.54, 1.807) is 0 Å². The molecule has 17 heavy (non-hydrogen) atoms. The van der Waals surface area contributed by atoms with Gasteiger partial charge in [-0.15, -0.1) is 0 Å². The third-order valence-electron chi connectivity index (χ3n) is 3.55. The normalized spacial score (nSPS) is 17.1. The van der Waals surface area contributed by atoms with Crippen molar-refractivity contribution < 1.29 is 5.11 Å². The molecule has 1 aliphatic rings. The van der Waals surface area contributed by atoms with Gasteiger partial charge in [0.25, 0.3) is 0 Å². The summed E-state index contributed by atoms with van der Waals surface area (Å²) in [7, 11) is 0. The minimum absolute atomic E-state index is 0.201. The highest BCUT2D eigenvalue weighted by Gasteiger charge is 2.21. The molecule has 0 aromatic carbocycles. The Kier molecular flexibility index (Phi) is 4.37. The number of anilines is 1. The fourth-order valence-electron chi connectivity index (χ4n) is 2.66. The minimum Gasteiger partial charge on any atom is -0.395 e. The number of hydrogen-bond acceptors (Lipinski definition) is 3. The Morgan fingerprint density at radius 3 is 2.76 bits per heavy atom. The van der Waals surface area contributed by atoms with Crippen LogP contribution in [0, 0.1) is 6.92 Å². The van der Waals surface area contributed by atoms with Crippen LogP contribution >= 0.6 is 0 Å². The maximum absolute atomic E-state index is 9.23. The first kappa shape index (κ1) is 12.4. The average molecular weight is 234 g/mol. The topological polar surface area (TPSA) is 36.4 Å². The van der Waals surface area contributed by atoms with Crippen LogP contribution in [0.4, 0.5) is 5.82 Å². The molecule has 0 amide bonds. The van der Waals surface area contributed by atoms with Crippen LogP contribution in [0.3, 0.4) is 0 Å². The first-order chi connectivity index (χ1) is 8.31. The monoisotopic (exact) mass is 234 g/mol. The highest BCUT2D eigenvalue weighted by atomic mass is 16.3. The summed E-state index contributed by atoms with van der Waals surface area (Å²) in [6.45, 7) is 2.98. The van der Waals surface area contributed by atoms with Gasteiger partial charge in [-0.25, -0.2) is 4.98 Å². The summed E-state index contributed by atoms with van der Waals surface area (Å²) in [6.07, 6.45) is 8.28. The molecule has 1 aromatic heterocycles. The van der Waals surface area contributed by atoms with Crippen LogP contribution in [0.2, 0.25) is 0 Å². The highest BCUT2D eigenvalue weighted by molar-refractivity contribution is 5.42. The zero-order chi connectivity index (χ0) is 12.1. The van der Waals surface area contributed by atoms with Crippen molar-refractivity contribution in [2.45, 2.75) is 45.1 Å². The van der Waals surface area contributed by atoms with Crippen molar-refractivity contribution in [2.75, 3.05) is 18.1 Å². The Hall–Kier alpha value is -1.09. The van der Waals surface area contributed by atoms with Crippen LogP contribution in [0.25, 0.3) is 0 Å². The van der Waals surface area contributed by atoms with Crippen molar-refractivity contribution in [1.82, 2.24) is 4.98 Å². The second-order valence-corrected chi connectivity index (χ2v) is 4.90. The molecule has 94 valence electrons. The van der Waals surface area contributed by atoms with Crippen molar-refractivity contribution >= 4 is 5.82 Å². The lowest BCUT2D eigenvalue weighted by atomic mass is 9.94. The Labute approximate surface area is 103 Å². The minimum atomic E-state index is 0.201. The summed E-state index contributed by atoms with van der Waals surface area (Å²) in [5.74, 6) is 1.02. The van der Waals surface area contributed by atoms with Gasteiger partial charge in [-0.3, -0.25) is 0 Å². The summed E-state index contributed by atoms with van der Waals surface area (Å²) in [5, 5.41) is 9.23. The number of hydrogen-bond donors (Lipinski definition) is 1. The first-order valence-corrected chi connectivity index (χ1v) is 6.61. The van der Waals surface area contributed by atoms with Crippen molar-refractivity contribution in [3.63, 3.8) is 0 Å². The lowest BCUT2D eigenvalue weighted by molar-refractivity contribution is 0.289. The second kappa shape index (κ2) is 6.01. The molecule has 1 heterocycles. The van der Waals surface area contributed by atoms with E-state index in [4.69, 9.17) is 0 Å². The third kappa shape index (κ3) is 3.19. The average Bonchev–Trinajstić information content (AvgIpc) is 2.37. The fraction of sp³-hybridized carbons (Fsp3) is 0.643. The van der Waals surface area contributed by atoms with Gasteiger partial charge in [0.15, 0.2) is 0 Å². The zero-order valence-electron chi connectivity index (χ0n) is 10.6. The highest BCUT2D eigenvalue weighted by Crippen LogP contribution is 2.26. The van der Waals surface area contributed by atoms with Crippen LogP contribution in [-0.2, 0) is 0 Å². The first-order valence-electron chi connectivity index (χ1n) is 6.61. The number of nitrogens with zero attached hydrogens (tertiary/aromatic N) is 2. The number of pyridine rings is 1. The third-order valence-corrected chi connectivity index (χ3v) is 3.55. The second-order valence-electron chi connectivity index (χ2n) is 4.90. The molecule has 1 saturated carbocycles. The SMILES string of the molecule is Cc1ccnc(N(CCO)C2CCCCC2)c1. The van der Waals surface area contributed by atoms with Crippen molar-refractivity contribution in [2.24, 2.45) is 0 Å². The molecule has 0 radical (unpaired) electrons. The maximum Gasteiger partial charge on any atom is 0.129 e. The smallest absolute Gasteiger partial charge is 0.129 e. The molecule has 1 aliphatic carbocycles. The van der Waals surface area contributed by atoms with E-state index in [9.17, 15) is 5.11 Å². The van der Waals surface area contributed by atoms with Crippen molar-refractivity contribution in [3.8, 4) is 0 Å². The predicted octanol–water partition coefficient (Wildman–Crippen LogP) is 2.52. The lowest BCUT2D eigenvalue weighted by Gasteiger charge is -2.35. The van der Waals surface area contributed by atoms with Crippen LogP contribution in [0.1, 0.15) is 37.7 Å². The van der Waals surface area contributed by atoms with Crippen molar-refractivity contribution in [1.29, 1.82) is 0 Å². The van der Waals surface area contributed by atoms with Crippen molar-refractivity contribution in [3.05, 3.63) is 23.9 Å². The van der Waals surface area contributed by atoms with Gasteiger partial charge in [0, 0.05) is 18.8 Å². The number of aliphatic hydroxyl groups excluding tert-OH is 1. The zero-order valence-corrected chi connectivity index (χ0v) is 10.6. The van der Waals surface area contributed by atoms with E-state index in [1.165, 1.54) is 37.7 Å². The van der Waals surface area contributed by atoms with Gasteiger partial charge in [0.05, 0.1) is 6.61 Å². The molecule has 2 rings (SSSR count). The van der Waals surface area contributed by atoms with E-state index in [0.29, 0.717) is 12.6 Å². The molecule has 0 atom stereocenters. The van der Waals surface area contributed by atoms with E-state index in [1.807, 2.05) is 12.3 Å². The van der Waals surface area contributed by atoms with Crippen LogP contribution in [0.5, 0.6) is 0 Å². The summed E-state index contributed by atoms with van der Waals surface area (Å²) in [5.41, 5.74) is 1.23. The van der Waals surface area contributed by atoms with Gasteiger partial charge in [-0.05, 0) is 37.5 Å². The van der Waals surface area contributed by atoms with E-state index in [-0.39, 0.29) is 6.61 Å². The van der Waals surface area contributed by atoms with E-state index in [0.717, 1.165) is 5.82 Å². The molecule has 0 spiro atoms. The molecule has 1 aromatic rings. The van der Waals surface area contributed by atoms with Gasteiger partial charge in [0.1, 0.15) is 5.82 Å². The molecular weight excluding hydrogens is 212 g/mol. The van der Waals surface area contributed by atoms with Gasteiger partial charge < -0.3 is 10.0 Å². The van der Waals surface area contributed by atoms with Gasteiger partial charge in [0.2, 0.25) is 0 Å². The van der Waals surface area contributed by atoms with Crippen LogP contribution in [0.15, 0.2) is 18.3 Å². The largest absolute Gasteiger partial charge is 0.395 e. The summed E-state index contributed by atoms with van der Waals surface area (Å²) in [6, 6.07) is 4.69. The van der Waals surface area contributed by atoms with Gasteiger partial charge in [-0.1, -0.05) is 19.3 Å². The Morgan fingerprint density at radius 2 is 2.12 bits per heavy atom. The summed E-state index contributed by atoms with van der Waals surface area (Å²) in [4.78, 5) is 6.73. The molecule has 3 nitrogen and oxygen atoms in total. The van der Waals surface area contributed by atoms with E-state index in [2.05, 4.69) is 22.9 Å². The fourth-order valence-corrected chi connectivity index (χ4v) is 2.66. The standard InChI is InChI=1S/C14H22N2O/c1-12-7-8-15-14(11-12)16(9-10-17)13-5-3-2-4-6-13/h7-8,11,13,17H,2-6,9-10H2,1H3. The Bertz CT molecular complexity index is 348. The number of aryl methyl sites for hydroxylation is 1. The molecule has 0 saturated heterocycles. The van der Waals surface area contributed by atoms with E-state index >= 15 is 0 Å². The van der Waals surface area contributed by atoms with Gasteiger partial charge >= 0.3 is 0 Å². The maximum atomic E-state index is 9.23. The number of aliphatic hydroxyl groups is 1. The molecule has 0 unspecified atom stereocenters. The van der Waals surface area contributed by atoms with E-state index < -0.39 is 0 Å².